The summed E-state index contributed by atoms with van der Waals surface area (Å²) in [6.45, 7) is 3.55. The number of hydrogen-bond donors (Lipinski definition) is 0. The normalized spacial score (nSPS) is 12.2. The Kier molecular flexibility index (Phi) is 4.54. The van der Waals surface area contributed by atoms with E-state index in [0.717, 1.165) is 6.29 Å². The van der Waals surface area contributed by atoms with E-state index < -0.39 is 0 Å². The van der Waals surface area contributed by atoms with Gasteiger partial charge in [-0.3, -0.25) is 4.79 Å². The predicted octanol–water partition coefficient (Wildman–Crippen LogP) is 0.775. The molecule has 0 radical (unpaired) electrons. The average molecular weight is 144 g/mol. The molecule has 0 spiro atoms. The van der Waals surface area contributed by atoms with E-state index in [-0.39, 0.29) is 11.9 Å². The van der Waals surface area contributed by atoms with Crippen molar-refractivity contribution in [2.45, 2.75) is 20.3 Å². The minimum atomic E-state index is -0.294. The summed E-state index contributed by atoms with van der Waals surface area (Å²) in [6.07, 6.45) is 1.28. The molecule has 0 rings (SSSR count). The number of carbonyl (C=O) groups is 2. The van der Waals surface area contributed by atoms with Gasteiger partial charge in [0.05, 0.1) is 6.61 Å². The molecule has 0 aromatic rings. The van der Waals surface area contributed by atoms with Crippen molar-refractivity contribution in [3.05, 3.63) is 0 Å². The first-order valence-corrected chi connectivity index (χ1v) is 3.23. The lowest BCUT2D eigenvalue weighted by molar-refractivity contribution is -0.142. The van der Waals surface area contributed by atoms with Crippen molar-refractivity contribution in [2.24, 2.45) is 5.92 Å². The highest BCUT2D eigenvalue weighted by Gasteiger charge is 2.01. The Labute approximate surface area is 60.4 Å². The molecule has 10 heavy (non-hydrogen) atoms. The van der Waals surface area contributed by atoms with E-state index >= 15 is 0 Å². The summed E-state index contributed by atoms with van der Waals surface area (Å²) in [4.78, 5) is 20.2. The molecule has 0 N–H and O–H groups in total. The van der Waals surface area contributed by atoms with Crippen LogP contribution in [0.5, 0.6) is 0 Å². The van der Waals surface area contributed by atoms with Crippen LogP contribution < -0.4 is 0 Å². The summed E-state index contributed by atoms with van der Waals surface area (Å²) in [5.41, 5.74) is 0. The summed E-state index contributed by atoms with van der Waals surface area (Å²) in [5, 5.41) is 0. The van der Waals surface area contributed by atoms with Crippen LogP contribution >= 0.6 is 0 Å². The fourth-order valence-corrected chi connectivity index (χ4v) is 0.492. The van der Waals surface area contributed by atoms with Gasteiger partial charge in [0.25, 0.3) is 0 Å². The second kappa shape index (κ2) is 4.97. The van der Waals surface area contributed by atoms with E-state index in [9.17, 15) is 9.59 Å². The van der Waals surface area contributed by atoms with Crippen molar-refractivity contribution in [2.75, 3.05) is 6.61 Å². The number of aldehydes is 1. The molecule has 1 unspecified atom stereocenters. The SMILES string of the molecule is CC(=O)OCC(C)CC=O. The van der Waals surface area contributed by atoms with E-state index in [4.69, 9.17) is 0 Å². The van der Waals surface area contributed by atoms with Crippen molar-refractivity contribution in [1.82, 2.24) is 0 Å². The van der Waals surface area contributed by atoms with Crippen LogP contribution in [0.4, 0.5) is 0 Å². The molecule has 0 heterocycles. The van der Waals surface area contributed by atoms with Crippen LogP contribution in [0.1, 0.15) is 20.3 Å². The van der Waals surface area contributed by atoms with Gasteiger partial charge in [-0.2, -0.15) is 0 Å². The first-order chi connectivity index (χ1) is 4.66. The lowest BCUT2D eigenvalue weighted by Crippen LogP contribution is -2.09. The Bertz CT molecular complexity index is 120. The van der Waals surface area contributed by atoms with Gasteiger partial charge in [0.15, 0.2) is 0 Å². The fraction of sp³-hybridized carbons (Fsp3) is 0.714. The Morgan fingerprint density at radius 1 is 1.70 bits per heavy atom. The molecule has 1 atom stereocenters. The molecule has 3 heteroatoms. The molecule has 0 aliphatic carbocycles. The number of rotatable bonds is 4. The van der Waals surface area contributed by atoms with Crippen LogP contribution in [-0.2, 0) is 14.3 Å². The van der Waals surface area contributed by atoms with Crippen molar-refractivity contribution in [1.29, 1.82) is 0 Å². The Balaban J connectivity index is 3.29. The monoisotopic (exact) mass is 144 g/mol. The molecule has 0 aliphatic rings. The van der Waals surface area contributed by atoms with Crippen molar-refractivity contribution >= 4 is 12.3 Å². The van der Waals surface area contributed by atoms with Crippen molar-refractivity contribution < 1.29 is 14.3 Å². The molecule has 0 bridgehead atoms. The maximum absolute atomic E-state index is 10.2. The summed E-state index contributed by atoms with van der Waals surface area (Å²) < 4.78 is 4.66. The lowest BCUT2D eigenvalue weighted by Gasteiger charge is -2.05. The third-order valence-corrected chi connectivity index (χ3v) is 1.07. The van der Waals surface area contributed by atoms with Crippen LogP contribution in [-0.4, -0.2) is 18.9 Å². The van der Waals surface area contributed by atoms with Crippen molar-refractivity contribution in [3.8, 4) is 0 Å². The molecule has 0 aromatic heterocycles. The summed E-state index contributed by atoms with van der Waals surface area (Å²) in [6, 6.07) is 0. The average Bonchev–Trinajstić information content (AvgIpc) is 1.85. The fourth-order valence-electron chi connectivity index (χ4n) is 0.492. The van der Waals surface area contributed by atoms with Crippen LogP contribution in [0.15, 0.2) is 0 Å². The topological polar surface area (TPSA) is 43.4 Å². The smallest absolute Gasteiger partial charge is 0.302 e. The maximum Gasteiger partial charge on any atom is 0.302 e. The van der Waals surface area contributed by atoms with Gasteiger partial charge in [0, 0.05) is 13.3 Å². The number of ether oxygens (including phenoxy) is 1. The van der Waals surface area contributed by atoms with E-state index in [1.165, 1.54) is 6.92 Å². The van der Waals surface area contributed by atoms with Gasteiger partial charge in [-0.15, -0.1) is 0 Å². The Morgan fingerprint density at radius 2 is 2.30 bits per heavy atom. The molecule has 0 aliphatic heterocycles. The lowest BCUT2D eigenvalue weighted by atomic mass is 10.1. The van der Waals surface area contributed by atoms with Crippen LogP contribution in [0.2, 0.25) is 0 Å². The van der Waals surface area contributed by atoms with E-state index in [0.29, 0.717) is 13.0 Å². The number of carbonyl (C=O) groups excluding carboxylic acids is 2. The standard InChI is InChI=1S/C7H12O3/c1-6(3-4-8)5-10-7(2)9/h4,6H,3,5H2,1-2H3. The highest BCUT2D eigenvalue weighted by Crippen LogP contribution is 1.98. The largest absolute Gasteiger partial charge is 0.466 e. The van der Waals surface area contributed by atoms with Crippen LogP contribution in [0, 0.1) is 5.92 Å². The highest BCUT2D eigenvalue weighted by atomic mass is 16.5. The molecule has 3 nitrogen and oxygen atoms in total. The number of hydrogen-bond acceptors (Lipinski definition) is 3. The summed E-state index contributed by atoms with van der Waals surface area (Å²) in [7, 11) is 0. The van der Waals surface area contributed by atoms with Gasteiger partial charge in [-0.25, -0.2) is 0 Å². The predicted molar refractivity (Wildman–Crippen MR) is 36.5 cm³/mol. The zero-order valence-electron chi connectivity index (χ0n) is 6.29. The van der Waals surface area contributed by atoms with E-state index in [1.807, 2.05) is 6.92 Å². The molecule has 58 valence electrons. The van der Waals surface area contributed by atoms with Crippen LogP contribution in [0.25, 0.3) is 0 Å². The third-order valence-electron chi connectivity index (χ3n) is 1.07. The second-order valence-corrected chi connectivity index (χ2v) is 2.31. The van der Waals surface area contributed by atoms with Gasteiger partial charge in [-0.05, 0) is 5.92 Å². The molecule has 0 saturated heterocycles. The Hall–Kier alpha value is -0.860. The third kappa shape index (κ3) is 5.28. The van der Waals surface area contributed by atoms with E-state index in [2.05, 4.69) is 4.74 Å². The molecular weight excluding hydrogens is 132 g/mol. The zero-order valence-corrected chi connectivity index (χ0v) is 6.29. The number of esters is 1. The molecule has 0 fully saturated rings. The molecular formula is C7H12O3. The van der Waals surface area contributed by atoms with E-state index in [1.54, 1.807) is 0 Å². The summed E-state index contributed by atoms with van der Waals surface area (Å²) in [5.74, 6) is -0.154. The van der Waals surface area contributed by atoms with Gasteiger partial charge in [-0.1, -0.05) is 6.92 Å². The first kappa shape index (κ1) is 9.14. The van der Waals surface area contributed by atoms with Crippen LogP contribution in [0.3, 0.4) is 0 Å². The molecule has 0 saturated carbocycles. The quantitative estimate of drug-likeness (QED) is 0.432. The second-order valence-electron chi connectivity index (χ2n) is 2.31. The maximum atomic E-state index is 10.2. The van der Waals surface area contributed by atoms with Gasteiger partial charge in [0.2, 0.25) is 0 Å². The highest BCUT2D eigenvalue weighted by molar-refractivity contribution is 5.65. The van der Waals surface area contributed by atoms with Crippen molar-refractivity contribution in [3.63, 3.8) is 0 Å². The summed E-state index contributed by atoms with van der Waals surface area (Å²) >= 11 is 0. The van der Waals surface area contributed by atoms with Gasteiger partial charge < -0.3 is 9.53 Å². The minimum Gasteiger partial charge on any atom is -0.466 e. The first-order valence-electron chi connectivity index (χ1n) is 3.23. The van der Waals surface area contributed by atoms with Gasteiger partial charge >= 0.3 is 5.97 Å². The Morgan fingerprint density at radius 3 is 2.70 bits per heavy atom. The zero-order chi connectivity index (χ0) is 7.98. The molecule has 0 amide bonds. The molecule has 0 aromatic carbocycles. The van der Waals surface area contributed by atoms with Gasteiger partial charge in [0.1, 0.15) is 6.29 Å². The minimum absolute atomic E-state index is 0.140.